The molecule has 11 heteroatoms. The molecule has 3 saturated heterocycles. The Kier molecular flexibility index (Phi) is 8.05. The Morgan fingerprint density at radius 3 is 2.56 bits per heavy atom. The minimum atomic E-state index is -0.769. The maximum absolute atomic E-state index is 13.9. The number of carbonyl (C=O) groups is 3. The number of benzene rings is 2. The van der Waals surface area contributed by atoms with Crippen molar-refractivity contribution < 1.29 is 23.9 Å². The van der Waals surface area contributed by atoms with Crippen molar-refractivity contribution in [3.05, 3.63) is 63.3 Å². The van der Waals surface area contributed by atoms with Gasteiger partial charge in [0.1, 0.15) is 0 Å². The van der Waals surface area contributed by atoms with Crippen LogP contribution in [0.3, 0.4) is 0 Å². The lowest BCUT2D eigenvalue weighted by molar-refractivity contribution is -0.134. The molecule has 3 amide bonds. The van der Waals surface area contributed by atoms with Gasteiger partial charge in [-0.05, 0) is 67.9 Å². The first-order valence-corrected chi connectivity index (χ1v) is 14.9. The maximum Gasteiger partial charge on any atom is 0.234 e. The molecule has 0 radical (unpaired) electrons. The van der Waals surface area contributed by atoms with Crippen LogP contribution in [0.5, 0.6) is 0 Å². The van der Waals surface area contributed by atoms with Gasteiger partial charge in [-0.1, -0.05) is 35.3 Å². The Labute approximate surface area is 247 Å². The fourth-order valence-electron chi connectivity index (χ4n) is 6.24. The number of rotatable bonds is 6. The lowest BCUT2D eigenvalue weighted by atomic mass is 9.73. The highest BCUT2D eigenvalue weighted by Crippen LogP contribution is 2.39. The van der Waals surface area contributed by atoms with Gasteiger partial charge in [-0.15, -0.1) is 0 Å². The summed E-state index contributed by atoms with van der Waals surface area (Å²) in [6.45, 7) is 1.90. The van der Waals surface area contributed by atoms with E-state index < -0.39 is 17.2 Å². The van der Waals surface area contributed by atoms with E-state index in [1.165, 1.54) is 0 Å². The molecule has 6 rings (SSSR count). The molecule has 3 aromatic rings. The number of aromatic nitrogens is 2. The van der Waals surface area contributed by atoms with Crippen molar-refractivity contribution in [2.75, 3.05) is 19.8 Å². The lowest BCUT2D eigenvalue weighted by Crippen LogP contribution is -2.47. The fourth-order valence-corrected chi connectivity index (χ4v) is 7.04. The first kappa shape index (κ1) is 28.2. The van der Waals surface area contributed by atoms with Crippen LogP contribution in [0.25, 0.3) is 10.9 Å². The Hall–Kier alpha value is -2.98. The summed E-state index contributed by atoms with van der Waals surface area (Å²) in [5.41, 5.74) is 2.33. The largest absolute Gasteiger partial charge is 0.381 e. The van der Waals surface area contributed by atoms with Gasteiger partial charge in [-0.3, -0.25) is 19.7 Å². The fraction of sp³-hybridized carbons (Fsp3) is 0.467. The number of amides is 3. The van der Waals surface area contributed by atoms with E-state index >= 15 is 0 Å². The number of ether oxygens (including phenoxy) is 2. The molecule has 0 aliphatic carbocycles. The van der Waals surface area contributed by atoms with Gasteiger partial charge in [-0.2, -0.15) is 5.10 Å². The van der Waals surface area contributed by atoms with Crippen LogP contribution in [0.1, 0.15) is 73.8 Å². The van der Waals surface area contributed by atoms with Crippen LogP contribution in [-0.2, 0) is 35.8 Å². The summed E-state index contributed by atoms with van der Waals surface area (Å²) in [6, 6.07) is 9.56. The highest BCUT2D eigenvalue weighted by Gasteiger charge is 2.42. The van der Waals surface area contributed by atoms with Gasteiger partial charge in [0.2, 0.25) is 17.7 Å². The number of hydrogen-bond donors (Lipinski definition) is 2. The molecule has 2 atom stereocenters. The predicted molar refractivity (Wildman–Crippen MR) is 154 cm³/mol. The zero-order valence-corrected chi connectivity index (χ0v) is 24.1. The number of nitrogens with zero attached hydrogens (tertiary/aromatic N) is 2. The van der Waals surface area contributed by atoms with E-state index in [1.807, 2.05) is 23.0 Å². The van der Waals surface area contributed by atoms with Crippen molar-refractivity contribution in [1.82, 2.24) is 20.4 Å². The van der Waals surface area contributed by atoms with Crippen LogP contribution < -0.4 is 10.6 Å². The summed E-state index contributed by atoms with van der Waals surface area (Å²) in [6.07, 6.45) is 6.48. The molecule has 9 nitrogen and oxygen atoms in total. The molecule has 216 valence electrons. The molecule has 4 heterocycles. The van der Waals surface area contributed by atoms with Gasteiger partial charge in [0, 0.05) is 53.8 Å². The second-order valence-electron chi connectivity index (χ2n) is 11.0. The first-order valence-electron chi connectivity index (χ1n) is 14.1. The summed E-state index contributed by atoms with van der Waals surface area (Å²) >= 11 is 13.2. The van der Waals surface area contributed by atoms with E-state index in [1.54, 1.807) is 12.1 Å². The van der Waals surface area contributed by atoms with Crippen LogP contribution in [0.2, 0.25) is 10.0 Å². The average molecular weight is 600 g/mol. The quantitative estimate of drug-likeness (QED) is 0.389. The van der Waals surface area contributed by atoms with Gasteiger partial charge in [0.25, 0.3) is 0 Å². The molecule has 1 aromatic heterocycles. The summed E-state index contributed by atoms with van der Waals surface area (Å²) in [5, 5.41) is 11.8. The van der Waals surface area contributed by atoms with Crippen LogP contribution >= 0.6 is 23.2 Å². The number of fused-ring (bicyclic) bond motifs is 1. The van der Waals surface area contributed by atoms with Crippen LogP contribution in [0, 0.1) is 0 Å². The highest BCUT2D eigenvalue weighted by atomic mass is 35.5. The Balaban J connectivity index is 1.24. The summed E-state index contributed by atoms with van der Waals surface area (Å²) in [7, 11) is 0. The van der Waals surface area contributed by atoms with Crippen molar-refractivity contribution in [2.45, 2.75) is 69.1 Å². The number of halogens is 2. The van der Waals surface area contributed by atoms with Crippen LogP contribution in [0.15, 0.2) is 36.5 Å². The standard InChI is InChI=1S/C30H32Cl2N4O5/c31-22-13-18(14-23(32)27(22)21-6-7-25(37)35-28(21)38)16-33-29(39)30(8-11-40-12-9-30)20-5-4-19-17-34-36(24(19)15-20)26-3-1-2-10-41-26/h4-5,13-15,17,21,26H,1-3,6-12,16H2,(H,33,39)(H,35,37,38). The van der Waals surface area contributed by atoms with Gasteiger partial charge in [-0.25, -0.2) is 4.68 Å². The SMILES string of the molecule is O=C1CCC(c2c(Cl)cc(CNC(=O)C3(c4ccc5cnn(C6CCCCO6)c5c4)CCOCC3)cc2Cl)C(=O)N1. The van der Waals surface area contributed by atoms with E-state index in [9.17, 15) is 14.4 Å². The molecule has 0 bridgehead atoms. The third-order valence-electron chi connectivity index (χ3n) is 8.54. The number of piperidine rings is 1. The number of nitrogens with one attached hydrogen (secondary N) is 2. The minimum Gasteiger partial charge on any atom is -0.381 e. The number of hydrogen-bond acceptors (Lipinski definition) is 6. The van der Waals surface area contributed by atoms with Gasteiger partial charge >= 0.3 is 0 Å². The molecular weight excluding hydrogens is 567 g/mol. The van der Waals surface area contributed by atoms with E-state index in [-0.39, 0.29) is 31.0 Å². The first-order chi connectivity index (χ1) is 19.9. The van der Waals surface area contributed by atoms with E-state index in [0.717, 1.165) is 47.9 Å². The topological polar surface area (TPSA) is 112 Å². The molecule has 41 heavy (non-hydrogen) atoms. The van der Waals surface area contributed by atoms with Crippen molar-refractivity contribution in [1.29, 1.82) is 0 Å². The average Bonchev–Trinajstić information content (AvgIpc) is 3.41. The van der Waals surface area contributed by atoms with Crippen molar-refractivity contribution >= 4 is 51.8 Å². The monoisotopic (exact) mass is 598 g/mol. The van der Waals surface area contributed by atoms with E-state index in [4.69, 9.17) is 32.7 Å². The summed E-state index contributed by atoms with van der Waals surface area (Å²) < 4.78 is 13.6. The third kappa shape index (κ3) is 5.48. The molecule has 2 unspecified atom stereocenters. The normalized spacial score (nSPS) is 22.9. The van der Waals surface area contributed by atoms with Gasteiger partial charge in [0.05, 0.1) is 23.0 Å². The Bertz CT molecular complexity index is 1470. The van der Waals surface area contributed by atoms with Crippen molar-refractivity contribution in [3.63, 3.8) is 0 Å². The third-order valence-corrected chi connectivity index (χ3v) is 9.17. The molecule has 3 aliphatic rings. The van der Waals surface area contributed by atoms with Crippen molar-refractivity contribution in [3.8, 4) is 0 Å². The molecule has 3 fully saturated rings. The van der Waals surface area contributed by atoms with Crippen LogP contribution in [0.4, 0.5) is 0 Å². The summed E-state index contributed by atoms with van der Waals surface area (Å²) in [5.74, 6) is -1.39. The van der Waals surface area contributed by atoms with E-state index in [0.29, 0.717) is 48.1 Å². The maximum atomic E-state index is 13.9. The van der Waals surface area contributed by atoms with Crippen molar-refractivity contribution in [2.24, 2.45) is 0 Å². The predicted octanol–water partition coefficient (Wildman–Crippen LogP) is 4.93. The molecular formula is C30H32Cl2N4O5. The second-order valence-corrected chi connectivity index (χ2v) is 11.9. The molecule has 0 saturated carbocycles. The number of imide groups is 1. The minimum absolute atomic E-state index is 0.0957. The highest BCUT2D eigenvalue weighted by molar-refractivity contribution is 6.36. The zero-order valence-electron chi connectivity index (χ0n) is 22.6. The van der Waals surface area contributed by atoms with Crippen LogP contribution in [-0.4, -0.2) is 47.3 Å². The molecule has 2 N–H and O–H groups in total. The smallest absolute Gasteiger partial charge is 0.234 e. The zero-order chi connectivity index (χ0) is 28.6. The lowest BCUT2D eigenvalue weighted by Gasteiger charge is -2.36. The second kappa shape index (κ2) is 11.7. The molecule has 0 spiro atoms. The Morgan fingerprint density at radius 1 is 1.07 bits per heavy atom. The molecule has 2 aromatic carbocycles. The Morgan fingerprint density at radius 2 is 1.85 bits per heavy atom. The van der Waals surface area contributed by atoms with Gasteiger partial charge < -0.3 is 14.8 Å². The summed E-state index contributed by atoms with van der Waals surface area (Å²) in [4.78, 5) is 37.9. The number of carbonyl (C=O) groups excluding carboxylic acids is 3. The van der Waals surface area contributed by atoms with Gasteiger partial charge in [0.15, 0.2) is 6.23 Å². The van der Waals surface area contributed by atoms with E-state index in [2.05, 4.69) is 21.8 Å². The molecule has 3 aliphatic heterocycles.